The summed E-state index contributed by atoms with van der Waals surface area (Å²) in [7, 11) is 0. The van der Waals surface area contributed by atoms with Crippen molar-refractivity contribution in [2.45, 2.75) is 23.9 Å². The molecule has 0 N–H and O–H groups in total. The van der Waals surface area contributed by atoms with Gasteiger partial charge in [-0.1, -0.05) is 22.0 Å². The highest BCUT2D eigenvalue weighted by atomic mass is 79.9. The summed E-state index contributed by atoms with van der Waals surface area (Å²) in [5, 5.41) is 1.75. The summed E-state index contributed by atoms with van der Waals surface area (Å²) in [6.45, 7) is 0. The van der Waals surface area contributed by atoms with Gasteiger partial charge in [0, 0.05) is 21.8 Å². The zero-order valence-corrected chi connectivity index (χ0v) is 13.0. The summed E-state index contributed by atoms with van der Waals surface area (Å²) >= 11 is 5.04. The Kier molecular flexibility index (Phi) is 5.32. The van der Waals surface area contributed by atoms with Gasteiger partial charge in [-0.05, 0) is 36.8 Å². The van der Waals surface area contributed by atoms with Gasteiger partial charge in [-0.3, -0.25) is 4.98 Å². The molecule has 2 rings (SSSR count). The molecule has 0 atom stereocenters. The number of fused-ring (bicyclic) bond motifs is 1. The molecule has 0 saturated carbocycles. The minimum atomic E-state index is -4.32. The fraction of sp³-hybridized carbons (Fsp3) is 0.357. The van der Waals surface area contributed by atoms with Gasteiger partial charge in [0.2, 0.25) is 0 Å². The molecule has 0 unspecified atom stereocenters. The van der Waals surface area contributed by atoms with Crippen LogP contribution in [0.15, 0.2) is 35.4 Å². The molecule has 0 spiro atoms. The summed E-state index contributed by atoms with van der Waals surface area (Å²) in [5.41, 5.74) is -0.260. The van der Waals surface area contributed by atoms with Crippen LogP contribution in [0.3, 0.4) is 0 Å². The molecule has 0 aliphatic carbocycles. The molecule has 0 amide bonds. The molecule has 108 valence electrons. The lowest BCUT2D eigenvalue weighted by atomic mass is 10.1. The van der Waals surface area contributed by atoms with E-state index in [-0.39, 0.29) is 0 Å². The largest absolute Gasteiger partial charge is 0.416 e. The van der Waals surface area contributed by atoms with E-state index in [0.29, 0.717) is 5.52 Å². The average molecular weight is 364 g/mol. The standard InChI is InChI=1S/C14H13BrF3NS/c15-6-1-2-8-20-13-5-7-19-12-9-10(14(16,17)18)3-4-11(12)13/h3-5,7,9H,1-2,6,8H2. The smallest absolute Gasteiger partial charge is 0.256 e. The molecule has 1 heterocycles. The van der Waals surface area contributed by atoms with Gasteiger partial charge in [-0.25, -0.2) is 0 Å². The van der Waals surface area contributed by atoms with Gasteiger partial charge < -0.3 is 0 Å². The van der Waals surface area contributed by atoms with Crippen LogP contribution in [0.25, 0.3) is 10.9 Å². The van der Waals surface area contributed by atoms with E-state index >= 15 is 0 Å². The van der Waals surface area contributed by atoms with Crippen molar-refractivity contribution < 1.29 is 13.2 Å². The van der Waals surface area contributed by atoms with Crippen LogP contribution in [-0.2, 0) is 6.18 Å². The van der Waals surface area contributed by atoms with Crippen molar-refractivity contribution in [1.82, 2.24) is 4.98 Å². The maximum absolute atomic E-state index is 12.7. The minimum absolute atomic E-state index is 0.394. The predicted octanol–water partition coefficient (Wildman–Crippen LogP) is 5.52. The molecule has 1 aromatic heterocycles. The Hall–Kier alpha value is -0.750. The van der Waals surface area contributed by atoms with Crippen molar-refractivity contribution in [3.05, 3.63) is 36.0 Å². The molecule has 1 aromatic carbocycles. The van der Waals surface area contributed by atoms with E-state index in [1.807, 2.05) is 6.07 Å². The zero-order valence-electron chi connectivity index (χ0n) is 10.6. The minimum Gasteiger partial charge on any atom is -0.256 e. The number of benzene rings is 1. The second-order valence-corrected chi connectivity index (χ2v) is 6.21. The average Bonchev–Trinajstić information content (AvgIpc) is 2.42. The zero-order chi connectivity index (χ0) is 14.6. The Bertz CT molecular complexity index is 586. The monoisotopic (exact) mass is 363 g/mol. The second kappa shape index (κ2) is 6.80. The van der Waals surface area contributed by atoms with Crippen molar-refractivity contribution >= 4 is 38.6 Å². The van der Waals surface area contributed by atoms with Crippen LogP contribution in [0, 0.1) is 0 Å². The molecule has 0 saturated heterocycles. The lowest BCUT2D eigenvalue weighted by molar-refractivity contribution is -0.137. The van der Waals surface area contributed by atoms with Crippen molar-refractivity contribution in [1.29, 1.82) is 0 Å². The topological polar surface area (TPSA) is 12.9 Å². The van der Waals surface area contributed by atoms with E-state index in [9.17, 15) is 13.2 Å². The summed E-state index contributed by atoms with van der Waals surface area (Å²) in [5.74, 6) is 0.950. The third kappa shape index (κ3) is 3.88. The van der Waals surface area contributed by atoms with Crippen LogP contribution in [-0.4, -0.2) is 16.1 Å². The fourth-order valence-electron chi connectivity index (χ4n) is 1.80. The number of nitrogens with zero attached hydrogens (tertiary/aromatic N) is 1. The summed E-state index contributed by atoms with van der Waals surface area (Å²) in [4.78, 5) is 5.02. The number of halogens is 4. The molecular formula is C14H13BrF3NS. The Morgan fingerprint density at radius 1 is 1.15 bits per heavy atom. The van der Waals surface area contributed by atoms with Crippen LogP contribution in [0.4, 0.5) is 13.2 Å². The molecule has 0 aliphatic heterocycles. The summed E-state index contributed by atoms with van der Waals surface area (Å²) in [6, 6.07) is 5.59. The molecule has 1 nitrogen and oxygen atoms in total. The molecule has 20 heavy (non-hydrogen) atoms. The van der Waals surface area contributed by atoms with Gasteiger partial charge in [-0.2, -0.15) is 13.2 Å². The second-order valence-electron chi connectivity index (χ2n) is 4.28. The maximum atomic E-state index is 12.7. The Morgan fingerprint density at radius 3 is 2.65 bits per heavy atom. The van der Waals surface area contributed by atoms with E-state index in [1.54, 1.807) is 18.0 Å². The molecule has 2 aromatic rings. The van der Waals surface area contributed by atoms with Gasteiger partial charge in [0.1, 0.15) is 0 Å². The lowest BCUT2D eigenvalue weighted by Gasteiger charge is -2.09. The normalized spacial score (nSPS) is 12.0. The summed E-state index contributed by atoms with van der Waals surface area (Å²) in [6.07, 6.45) is -0.598. The first-order chi connectivity index (χ1) is 9.52. The molecular weight excluding hydrogens is 351 g/mol. The van der Waals surface area contributed by atoms with Crippen LogP contribution in [0.5, 0.6) is 0 Å². The lowest BCUT2D eigenvalue weighted by Crippen LogP contribution is -2.04. The highest BCUT2D eigenvalue weighted by molar-refractivity contribution is 9.09. The van der Waals surface area contributed by atoms with E-state index in [4.69, 9.17) is 0 Å². The van der Waals surface area contributed by atoms with Gasteiger partial charge in [-0.15, -0.1) is 11.8 Å². The maximum Gasteiger partial charge on any atom is 0.416 e. The van der Waals surface area contributed by atoms with E-state index < -0.39 is 11.7 Å². The Labute approximate surface area is 128 Å². The first-order valence-corrected chi connectivity index (χ1v) is 8.28. The van der Waals surface area contributed by atoms with Crippen LogP contribution in [0.2, 0.25) is 0 Å². The predicted molar refractivity (Wildman–Crippen MR) is 80.5 cm³/mol. The van der Waals surface area contributed by atoms with Gasteiger partial charge >= 0.3 is 6.18 Å². The number of unbranched alkanes of at least 4 members (excludes halogenated alkanes) is 1. The first kappa shape index (κ1) is 15.6. The van der Waals surface area contributed by atoms with Crippen molar-refractivity contribution in [3.8, 4) is 0 Å². The number of aromatic nitrogens is 1. The third-order valence-corrected chi connectivity index (χ3v) is 4.54. The number of alkyl halides is 4. The fourth-order valence-corrected chi connectivity index (χ4v) is 3.25. The highest BCUT2D eigenvalue weighted by Crippen LogP contribution is 2.33. The van der Waals surface area contributed by atoms with Crippen molar-refractivity contribution in [2.75, 3.05) is 11.1 Å². The van der Waals surface area contributed by atoms with Crippen molar-refractivity contribution in [3.63, 3.8) is 0 Å². The van der Waals surface area contributed by atoms with Crippen LogP contribution >= 0.6 is 27.7 Å². The van der Waals surface area contributed by atoms with Gasteiger partial charge in [0.05, 0.1) is 11.1 Å². The van der Waals surface area contributed by atoms with E-state index in [2.05, 4.69) is 20.9 Å². The van der Waals surface area contributed by atoms with Crippen molar-refractivity contribution in [2.24, 2.45) is 0 Å². The van der Waals surface area contributed by atoms with Crippen LogP contribution in [0.1, 0.15) is 18.4 Å². The first-order valence-electron chi connectivity index (χ1n) is 6.17. The van der Waals surface area contributed by atoms with Gasteiger partial charge in [0.25, 0.3) is 0 Å². The van der Waals surface area contributed by atoms with E-state index in [1.165, 1.54) is 6.07 Å². The van der Waals surface area contributed by atoms with Crippen LogP contribution < -0.4 is 0 Å². The number of hydrogen-bond donors (Lipinski definition) is 0. The molecule has 0 fully saturated rings. The number of thioether (sulfide) groups is 1. The quantitative estimate of drug-likeness (QED) is 0.394. The molecule has 0 radical (unpaired) electrons. The molecule has 6 heteroatoms. The van der Waals surface area contributed by atoms with Gasteiger partial charge in [0.15, 0.2) is 0 Å². The van der Waals surface area contributed by atoms with E-state index in [0.717, 1.165) is 46.3 Å². The third-order valence-electron chi connectivity index (χ3n) is 2.82. The number of pyridine rings is 1. The Balaban J connectivity index is 2.24. The summed E-state index contributed by atoms with van der Waals surface area (Å²) < 4.78 is 38.0. The Morgan fingerprint density at radius 2 is 1.95 bits per heavy atom. The highest BCUT2D eigenvalue weighted by Gasteiger charge is 2.30. The molecule has 0 bridgehead atoms. The number of rotatable bonds is 5. The molecule has 0 aliphatic rings. The SMILES string of the molecule is FC(F)(F)c1ccc2c(SCCCCBr)ccnc2c1. The number of hydrogen-bond acceptors (Lipinski definition) is 2.